The predicted molar refractivity (Wildman–Crippen MR) is 319 cm³/mol. The highest BCUT2D eigenvalue weighted by Gasteiger charge is 2.49. The Morgan fingerprint density at radius 3 is 1.04 bits per heavy atom. The van der Waals surface area contributed by atoms with E-state index < -0.39 is 246 Å². The Bertz CT molecular complexity index is 2740. The molecule has 24 atom stereocenters. The third kappa shape index (κ3) is 24.6. The number of nitrogens with zero attached hydrogens (tertiary/aromatic N) is 3. The summed E-state index contributed by atoms with van der Waals surface area (Å²) in [6.45, 7) is -2.31. The largest absolute Gasteiger partial charge is 0.756 e. The Morgan fingerprint density at radius 1 is 0.449 bits per heavy atom. The Morgan fingerprint density at radius 2 is 0.745 bits per heavy atom. The summed E-state index contributed by atoms with van der Waals surface area (Å²) in [6.07, 6.45) is -21.6. The summed E-state index contributed by atoms with van der Waals surface area (Å²) in [5.41, 5.74) is 0. The molecule has 98 heavy (non-hydrogen) atoms. The van der Waals surface area contributed by atoms with Crippen molar-refractivity contribution in [3.05, 3.63) is 0 Å². The molecular formula is C55H94N6O34P3-3. The van der Waals surface area contributed by atoms with E-state index in [1.165, 1.54) is 11.8 Å². The monoisotopic (exact) mass is 1480 g/mol. The van der Waals surface area contributed by atoms with E-state index in [1.807, 2.05) is 0 Å². The molecule has 0 aliphatic carbocycles. The van der Waals surface area contributed by atoms with E-state index in [2.05, 4.69) is 20.5 Å². The second kappa shape index (κ2) is 38.9. The average molecular weight is 1480 g/mol. The molecule has 0 aromatic carbocycles. The lowest BCUT2D eigenvalue weighted by atomic mass is 9.97. The fourth-order valence-electron chi connectivity index (χ4n) is 12.2. The molecule has 0 saturated carbocycles. The topological polar surface area (TPSA) is 582 Å². The van der Waals surface area contributed by atoms with Crippen LogP contribution in [-0.2, 0) is 98.0 Å². The van der Waals surface area contributed by atoms with Gasteiger partial charge in [0.05, 0.1) is 76.1 Å². The molecular weight excluding hydrogens is 1380 g/mol. The number of β-amino-alcohol motifs (C(OH)–C–C–N with tert-alkyl or cyclic N) is 1. The van der Waals surface area contributed by atoms with Gasteiger partial charge in [0.2, 0.25) is 35.4 Å². The SMILES string of the molecule is COP(=O)([O-])OC[C@@H]1C[C@@H](OP(=O)([O-])OC[C@@H]2C[C@@H](OP(=O)([O-])OC[C@@H]3C[C@@H](O)CN3C(=O)CCCCO[C@@H]3OC(CO)[C@H](O)[C@H](O)C3NC(C)=O)CN2C(=O)CCCCO[C@@H]2OC(CO)[C@H](O)[C@H](O)C2NC(C)=O)CN1C(=O)CCCCO[C@@H]1OC(CO)[C@H](O)[C@H](O)C1NC(C)=O. The van der Waals surface area contributed by atoms with E-state index in [0.29, 0.717) is 0 Å². The molecule has 6 fully saturated rings. The van der Waals surface area contributed by atoms with Crippen LogP contribution in [0.25, 0.3) is 0 Å². The summed E-state index contributed by atoms with van der Waals surface area (Å²) in [7, 11) is -14.9. The number of aliphatic hydroxyl groups excluding tert-OH is 10. The molecule has 0 aromatic heterocycles. The lowest BCUT2D eigenvalue weighted by Gasteiger charge is -2.42. The highest BCUT2D eigenvalue weighted by molar-refractivity contribution is 7.46. The molecule has 0 aromatic rings. The highest BCUT2D eigenvalue weighted by Crippen LogP contribution is 2.47. The van der Waals surface area contributed by atoms with Gasteiger partial charge in [0.1, 0.15) is 73.1 Å². The molecule has 9 unspecified atom stereocenters. The highest BCUT2D eigenvalue weighted by atomic mass is 31.2. The van der Waals surface area contributed by atoms with Crippen LogP contribution >= 0.6 is 23.5 Å². The fourth-order valence-corrected chi connectivity index (χ4v) is 14.5. The molecule has 6 aliphatic heterocycles. The van der Waals surface area contributed by atoms with Gasteiger partial charge in [-0.3, -0.25) is 42.5 Å². The van der Waals surface area contributed by atoms with Gasteiger partial charge in [0.15, 0.2) is 18.9 Å². The molecule has 0 bridgehead atoms. The van der Waals surface area contributed by atoms with Gasteiger partial charge >= 0.3 is 0 Å². The van der Waals surface area contributed by atoms with Crippen molar-refractivity contribution in [2.24, 2.45) is 0 Å². The number of hydrogen-bond acceptors (Lipinski definition) is 34. The third-order valence-electron chi connectivity index (χ3n) is 17.1. The summed E-state index contributed by atoms with van der Waals surface area (Å²) >= 11 is 0. The minimum absolute atomic E-state index is 0.0571. The van der Waals surface area contributed by atoms with Crippen LogP contribution in [0.15, 0.2) is 0 Å². The Balaban J connectivity index is 1.06. The van der Waals surface area contributed by atoms with Crippen LogP contribution in [0.4, 0.5) is 0 Å². The zero-order valence-corrected chi connectivity index (χ0v) is 57.2. The zero-order valence-electron chi connectivity index (χ0n) is 54.5. The number of aliphatic hydroxyl groups is 10. The van der Waals surface area contributed by atoms with Gasteiger partial charge in [-0.1, -0.05) is 0 Å². The maximum Gasteiger partial charge on any atom is 0.268 e. The second-order valence-electron chi connectivity index (χ2n) is 24.6. The number of phosphoric ester groups is 3. The molecule has 566 valence electrons. The number of likely N-dealkylation sites (tertiary alicyclic amines) is 3. The number of ether oxygens (including phenoxy) is 6. The molecule has 0 spiro atoms. The average Bonchev–Trinajstić information content (AvgIpc) is 1.16. The van der Waals surface area contributed by atoms with Crippen molar-refractivity contribution in [1.29, 1.82) is 0 Å². The van der Waals surface area contributed by atoms with Gasteiger partial charge in [-0.15, -0.1) is 0 Å². The molecule has 6 rings (SSSR count). The van der Waals surface area contributed by atoms with Gasteiger partial charge in [0.25, 0.3) is 23.5 Å². The molecule has 6 saturated heterocycles. The first-order chi connectivity index (χ1) is 46.2. The van der Waals surface area contributed by atoms with Crippen LogP contribution in [0, 0.1) is 0 Å². The molecule has 0 radical (unpaired) electrons. The predicted octanol–water partition coefficient (Wildman–Crippen LogP) is -7.59. The van der Waals surface area contributed by atoms with E-state index >= 15 is 0 Å². The molecule has 6 heterocycles. The van der Waals surface area contributed by atoms with Crippen LogP contribution < -0.4 is 30.6 Å². The number of phosphoric acid groups is 3. The van der Waals surface area contributed by atoms with Crippen LogP contribution in [-0.4, -0.2) is 316 Å². The van der Waals surface area contributed by atoms with Crippen LogP contribution in [0.2, 0.25) is 0 Å². The zero-order chi connectivity index (χ0) is 72.4. The summed E-state index contributed by atoms with van der Waals surface area (Å²) < 4.78 is 104. The van der Waals surface area contributed by atoms with Crippen molar-refractivity contribution >= 4 is 58.9 Å². The Labute approximate surface area is 564 Å². The number of nitrogens with one attached hydrogen (secondary N) is 3. The Kier molecular flexibility index (Phi) is 33.1. The second-order valence-corrected chi connectivity index (χ2v) is 28.9. The van der Waals surface area contributed by atoms with Crippen molar-refractivity contribution in [3.63, 3.8) is 0 Å². The number of rotatable bonds is 38. The van der Waals surface area contributed by atoms with Crippen molar-refractivity contribution < 1.29 is 164 Å². The van der Waals surface area contributed by atoms with Gasteiger partial charge in [-0.25, -0.2) is 0 Å². The van der Waals surface area contributed by atoms with E-state index in [1.54, 1.807) is 0 Å². The summed E-state index contributed by atoms with van der Waals surface area (Å²) in [4.78, 5) is 120. The van der Waals surface area contributed by atoms with Crippen LogP contribution in [0.3, 0.4) is 0 Å². The molecule has 6 amide bonds. The first-order valence-electron chi connectivity index (χ1n) is 32.1. The maximum absolute atomic E-state index is 14.0. The number of hydrogen-bond donors (Lipinski definition) is 13. The number of unbranched alkanes of at least 4 members (excludes halogenated alkanes) is 3. The van der Waals surface area contributed by atoms with Crippen molar-refractivity contribution in [2.75, 3.05) is 86.2 Å². The molecule has 13 N–H and O–H groups in total. The molecule has 6 aliphatic rings. The van der Waals surface area contributed by atoms with E-state index in [-0.39, 0.29) is 97.0 Å². The van der Waals surface area contributed by atoms with Gasteiger partial charge in [-0.05, 0) is 57.8 Å². The Hall–Kier alpha value is -3.49. The van der Waals surface area contributed by atoms with E-state index in [4.69, 9.17) is 51.0 Å². The first kappa shape index (κ1) is 83.5. The van der Waals surface area contributed by atoms with Crippen LogP contribution in [0.1, 0.15) is 97.8 Å². The van der Waals surface area contributed by atoms with Crippen molar-refractivity contribution in [2.45, 2.75) is 226 Å². The quantitative estimate of drug-likeness (QED) is 0.0202. The van der Waals surface area contributed by atoms with Gasteiger partial charge in [-0.2, -0.15) is 0 Å². The lowest BCUT2D eigenvalue weighted by molar-refractivity contribution is -0.270. The minimum atomic E-state index is -5.47. The van der Waals surface area contributed by atoms with Gasteiger partial charge < -0.3 is 152 Å². The fraction of sp³-hybridized carbons (Fsp3) is 0.891. The van der Waals surface area contributed by atoms with E-state index in [9.17, 15) is 108 Å². The normalized spacial score (nSPS) is 34.7. The molecule has 43 heteroatoms. The first-order valence-corrected chi connectivity index (χ1v) is 36.5. The number of carbonyl (C=O) groups is 6. The summed E-state index contributed by atoms with van der Waals surface area (Å²) in [5, 5.41) is 110. The van der Waals surface area contributed by atoms with Crippen molar-refractivity contribution in [3.8, 4) is 0 Å². The van der Waals surface area contributed by atoms with Crippen LogP contribution in [0.5, 0.6) is 0 Å². The van der Waals surface area contributed by atoms with E-state index in [0.717, 1.165) is 30.8 Å². The smallest absolute Gasteiger partial charge is 0.268 e. The lowest BCUT2D eigenvalue weighted by Crippen LogP contribution is -2.64. The number of amides is 6. The summed E-state index contributed by atoms with van der Waals surface area (Å²) in [6, 6.07) is -7.03. The minimum Gasteiger partial charge on any atom is -0.756 e. The van der Waals surface area contributed by atoms with Gasteiger partial charge in [0, 0.05) is 86.6 Å². The summed E-state index contributed by atoms with van der Waals surface area (Å²) in [5.74, 6) is -3.53. The standard InChI is InChI=1S/C55H97N6O34P3/c1-29(65)56-44-50(75)47(72)38(23-62)91-53(44)85-14-8-5-11-41(69)59-20-35(68)17-32(59)26-89-97(80,81)94-37-19-34(61(22-37)43(71)13-7-10-16-87-55-46(58-31(3)67)52(77)49(74)40(25-64)93-55)28-90-98(82,83)95-36-18-33(27-88-96(78,79)84-4)60(21-36)42(70)12-6-9-15-86-54-45(57-30(2)66)51(76)48(73)39(24-63)92-54/h32-40,44-55,62-64,68,72-77H,5-28H2,1-4H3,(H,56,65)(H,57,66)(H,58,67)(H,78,79)(H,80,81)(H,82,83)/p-3/t32-,33-,34-,35+,36+,37+,38?,39?,40?,44?,45?,46?,47-,48-,49-,50+,51+,52+,53+,54+,55+/m0/s1. The maximum atomic E-state index is 14.0. The third-order valence-corrected chi connectivity index (χ3v) is 20.1. The number of carbonyl (C=O) groups excluding carboxylic acids is 6. The molecule has 40 nitrogen and oxygen atoms in total. The van der Waals surface area contributed by atoms with Crippen molar-refractivity contribution in [1.82, 2.24) is 30.7 Å².